The maximum Gasteiger partial charge on any atom is 0.249 e. The number of aromatic nitrogens is 2. The molecule has 0 aliphatic rings. The van der Waals surface area contributed by atoms with E-state index in [1.807, 2.05) is 27.7 Å². The molecule has 2 aromatic heterocycles. The van der Waals surface area contributed by atoms with E-state index in [9.17, 15) is 19.2 Å². The van der Waals surface area contributed by atoms with Crippen LogP contribution in [0.4, 0.5) is 0 Å². The first kappa shape index (κ1) is 35.7. The molecule has 0 spiro atoms. The minimum Gasteiger partial charge on any atom is -0.366 e. The van der Waals surface area contributed by atoms with Crippen LogP contribution in [0.1, 0.15) is 127 Å². The van der Waals surface area contributed by atoms with Crippen LogP contribution in [-0.2, 0) is 0 Å². The monoisotopic (exact) mass is 594 g/mol. The first-order valence-electron chi connectivity index (χ1n) is 15.6. The number of Topliss-reactive ketones (excluding diaryl/α,β-unsaturated/α-hetero) is 2. The summed E-state index contributed by atoms with van der Waals surface area (Å²) < 4.78 is 0. The van der Waals surface area contributed by atoms with Crippen LogP contribution in [-0.4, -0.2) is 58.5 Å². The van der Waals surface area contributed by atoms with Crippen LogP contribution in [0.3, 0.4) is 0 Å². The molecule has 0 aliphatic heterocycles. The zero-order chi connectivity index (χ0) is 31.8. The van der Waals surface area contributed by atoms with Gasteiger partial charge in [-0.15, -0.1) is 0 Å². The molecule has 0 aliphatic carbocycles. The molecule has 43 heavy (non-hydrogen) atoms. The summed E-state index contributed by atoms with van der Waals surface area (Å²) in [5.74, 6) is -1.42. The third-order valence-electron chi connectivity index (χ3n) is 7.68. The van der Waals surface area contributed by atoms with E-state index in [-0.39, 0.29) is 45.7 Å². The van der Waals surface area contributed by atoms with E-state index in [0.29, 0.717) is 0 Å². The summed E-state index contributed by atoms with van der Waals surface area (Å²) in [6.45, 7) is 9.40. The number of rotatable bonds is 22. The van der Waals surface area contributed by atoms with Gasteiger partial charge < -0.3 is 22.1 Å². The van der Waals surface area contributed by atoms with Crippen LogP contribution in [0.5, 0.6) is 0 Å². The Morgan fingerprint density at radius 3 is 1.21 bits per heavy atom. The first-order chi connectivity index (χ1) is 20.6. The fraction of sp³-hybridized carbons (Fsp3) is 0.576. The topological polar surface area (TPSA) is 170 Å². The van der Waals surface area contributed by atoms with Crippen molar-refractivity contribution in [1.29, 1.82) is 0 Å². The highest BCUT2D eigenvalue weighted by Gasteiger charge is 2.27. The van der Waals surface area contributed by atoms with Crippen molar-refractivity contribution >= 4 is 23.4 Å². The lowest BCUT2D eigenvalue weighted by Crippen LogP contribution is -2.42. The molecular weight excluding hydrogens is 544 g/mol. The number of amides is 2. The predicted octanol–water partition coefficient (Wildman–Crippen LogP) is 4.48. The number of nitrogens with zero attached hydrogens (tertiary/aromatic N) is 2. The Bertz CT molecular complexity index is 1110. The average Bonchev–Trinajstić information content (AvgIpc) is 2.98. The summed E-state index contributed by atoms with van der Waals surface area (Å²) in [5, 5.41) is 6.75. The van der Waals surface area contributed by atoms with Gasteiger partial charge in [0.1, 0.15) is 0 Å². The van der Waals surface area contributed by atoms with Crippen molar-refractivity contribution in [2.24, 2.45) is 23.3 Å². The lowest BCUT2D eigenvalue weighted by Gasteiger charge is -2.22. The Hall–Kier alpha value is -3.50. The summed E-state index contributed by atoms with van der Waals surface area (Å²) in [4.78, 5) is 57.6. The van der Waals surface area contributed by atoms with E-state index in [0.717, 1.165) is 51.6 Å². The SMILES string of the molecule is CC(C)C(NCCCCCCCCCCCNC(C(=O)c1cnccc1C(N)=O)C(C)C)C(=O)c1cnccc1C(N)=O. The van der Waals surface area contributed by atoms with Crippen LogP contribution in [0.15, 0.2) is 36.9 Å². The maximum atomic E-state index is 13.1. The van der Waals surface area contributed by atoms with Crippen molar-refractivity contribution in [3.8, 4) is 0 Å². The lowest BCUT2D eigenvalue weighted by atomic mass is 9.93. The summed E-state index contributed by atoms with van der Waals surface area (Å²) in [5.41, 5.74) is 11.8. The van der Waals surface area contributed by atoms with Crippen molar-refractivity contribution in [1.82, 2.24) is 20.6 Å². The molecular formula is C33H50N6O4. The lowest BCUT2D eigenvalue weighted by molar-refractivity contribution is 0.0901. The molecule has 0 saturated carbocycles. The molecule has 10 nitrogen and oxygen atoms in total. The summed E-state index contributed by atoms with van der Waals surface area (Å²) in [7, 11) is 0. The van der Waals surface area contributed by atoms with E-state index in [4.69, 9.17) is 11.5 Å². The van der Waals surface area contributed by atoms with Crippen LogP contribution < -0.4 is 22.1 Å². The molecule has 0 bridgehead atoms. The van der Waals surface area contributed by atoms with Crippen molar-refractivity contribution < 1.29 is 19.2 Å². The number of pyridine rings is 2. The number of carbonyl (C=O) groups excluding carboxylic acids is 4. The Labute approximate surface area is 256 Å². The van der Waals surface area contributed by atoms with Gasteiger partial charge in [0.2, 0.25) is 11.8 Å². The van der Waals surface area contributed by atoms with E-state index in [1.54, 1.807) is 0 Å². The number of hydrogen-bond acceptors (Lipinski definition) is 8. The summed E-state index contributed by atoms with van der Waals surface area (Å²) in [6, 6.07) is 2.19. The van der Waals surface area contributed by atoms with E-state index in [2.05, 4.69) is 20.6 Å². The Balaban J connectivity index is 1.59. The maximum absolute atomic E-state index is 13.1. The molecule has 0 saturated heterocycles. The Morgan fingerprint density at radius 2 is 0.907 bits per heavy atom. The second-order valence-corrected chi connectivity index (χ2v) is 11.8. The standard InChI is InChI=1S/C33H50N6O4/c1-22(2)28(30(40)26-20-36-18-14-24(26)32(34)42)38-16-12-10-8-6-5-7-9-11-13-17-39-29(23(3)4)31(41)27-21-37-19-15-25(27)33(35)43/h14-15,18-23,28-29,38-39H,5-13,16-17H2,1-4H3,(H2,34,42)(H2,35,43). The van der Waals surface area contributed by atoms with Crippen molar-refractivity contribution in [3.05, 3.63) is 59.2 Å². The first-order valence-corrected chi connectivity index (χ1v) is 15.6. The molecule has 2 amide bonds. The highest BCUT2D eigenvalue weighted by Crippen LogP contribution is 2.16. The second-order valence-electron chi connectivity index (χ2n) is 11.8. The predicted molar refractivity (Wildman–Crippen MR) is 169 cm³/mol. The molecule has 0 radical (unpaired) electrons. The van der Waals surface area contributed by atoms with Gasteiger partial charge in [-0.2, -0.15) is 0 Å². The molecule has 0 fully saturated rings. The highest BCUT2D eigenvalue weighted by molar-refractivity contribution is 6.10. The van der Waals surface area contributed by atoms with E-state index < -0.39 is 23.9 Å². The molecule has 2 rings (SSSR count). The van der Waals surface area contributed by atoms with Gasteiger partial charge in [0, 0.05) is 24.8 Å². The zero-order valence-corrected chi connectivity index (χ0v) is 26.2. The third kappa shape index (κ3) is 11.6. The molecule has 6 N–H and O–H groups in total. The quantitative estimate of drug-likeness (QED) is 0.114. The van der Waals surface area contributed by atoms with E-state index in [1.165, 1.54) is 56.2 Å². The van der Waals surface area contributed by atoms with Crippen molar-refractivity contribution in [2.45, 2.75) is 97.6 Å². The van der Waals surface area contributed by atoms with Gasteiger partial charge in [0.25, 0.3) is 0 Å². The normalized spacial score (nSPS) is 12.8. The largest absolute Gasteiger partial charge is 0.366 e. The second kappa shape index (κ2) is 18.9. The number of unbranched alkanes of at least 4 members (excludes halogenated alkanes) is 8. The van der Waals surface area contributed by atoms with E-state index >= 15 is 0 Å². The Morgan fingerprint density at radius 1 is 0.581 bits per heavy atom. The minimum atomic E-state index is -0.626. The van der Waals surface area contributed by atoms with Gasteiger partial charge in [-0.05, 0) is 49.9 Å². The van der Waals surface area contributed by atoms with Crippen LogP contribution >= 0.6 is 0 Å². The average molecular weight is 595 g/mol. The Kier molecular flexibility index (Phi) is 15.7. The minimum absolute atomic E-state index is 0.0660. The zero-order valence-electron chi connectivity index (χ0n) is 26.2. The van der Waals surface area contributed by atoms with Gasteiger partial charge in [-0.1, -0.05) is 72.6 Å². The highest BCUT2D eigenvalue weighted by atomic mass is 16.2. The van der Waals surface area contributed by atoms with Gasteiger partial charge in [-0.25, -0.2) is 0 Å². The number of nitrogens with two attached hydrogens (primary N) is 2. The summed E-state index contributed by atoms with van der Waals surface area (Å²) in [6.07, 6.45) is 15.8. The van der Waals surface area contributed by atoms with Crippen LogP contribution in [0, 0.1) is 11.8 Å². The number of primary amides is 2. The van der Waals surface area contributed by atoms with Crippen molar-refractivity contribution in [3.63, 3.8) is 0 Å². The molecule has 10 heteroatoms. The fourth-order valence-corrected chi connectivity index (χ4v) is 5.21. The van der Waals surface area contributed by atoms with Crippen LogP contribution in [0.2, 0.25) is 0 Å². The number of ketones is 2. The molecule has 2 aromatic rings. The number of carbonyl (C=O) groups is 4. The van der Waals surface area contributed by atoms with Gasteiger partial charge >= 0.3 is 0 Å². The van der Waals surface area contributed by atoms with Gasteiger partial charge in [-0.3, -0.25) is 29.1 Å². The summed E-state index contributed by atoms with van der Waals surface area (Å²) >= 11 is 0. The van der Waals surface area contributed by atoms with Crippen LogP contribution in [0.25, 0.3) is 0 Å². The molecule has 2 heterocycles. The molecule has 236 valence electrons. The third-order valence-corrected chi connectivity index (χ3v) is 7.68. The molecule has 2 atom stereocenters. The smallest absolute Gasteiger partial charge is 0.249 e. The van der Waals surface area contributed by atoms with Gasteiger partial charge in [0.05, 0.1) is 34.3 Å². The fourth-order valence-electron chi connectivity index (χ4n) is 5.21. The van der Waals surface area contributed by atoms with Crippen molar-refractivity contribution in [2.75, 3.05) is 13.1 Å². The number of hydrogen-bond donors (Lipinski definition) is 4. The molecule has 2 unspecified atom stereocenters. The molecule has 0 aromatic carbocycles. The van der Waals surface area contributed by atoms with Gasteiger partial charge in [0.15, 0.2) is 11.6 Å². The number of nitrogens with one attached hydrogen (secondary N) is 2.